The second-order valence-electron chi connectivity index (χ2n) is 7.32. The van der Waals surface area contributed by atoms with E-state index in [4.69, 9.17) is 4.42 Å². The lowest BCUT2D eigenvalue weighted by Crippen LogP contribution is -2.23. The number of nitrogens with zero attached hydrogens (tertiary/aromatic N) is 6. The molecule has 0 saturated carbocycles. The summed E-state index contributed by atoms with van der Waals surface area (Å²) in [7, 11) is -9.62. The fraction of sp³-hybridized carbons (Fsp3) is 0.150. The quantitative estimate of drug-likeness (QED) is 0.327. The number of sulfone groups is 2. The van der Waals surface area contributed by atoms with Crippen molar-refractivity contribution in [2.45, 2.75) is 22.4 Å². The van der Waals surface area contributed by atoms with Gasteiger partial charge in [-0.3, -0.25) is 0 Å². The average molecular weight is 538 g/mol. The van der Waals surface area contributed by atoms with E-state index in [0.717, 1.165) is 12.1 Å². The first kappa shape index (κ1) is 23.8. The Balaban J connectivity index is 1.78. The molecule has 0 N–H and O–H groups in total. The maximum Gasteiger partial charge on any atom is 0.501 e. The van der Waals surface area contributed by atoms with E-state index in [0.29, 0.717) is 11.8 Å². The molecule has 0 amide bonds. The third-order valence-corrected chi connectivity index (χ3v) is 8.26. The lowest BCUT2D eigenvalue weighted by Gasteiger charge is -2.07. The molecule has 5 rings (SSSR count). The molecule has 4 aromatic heterocycles. The molecule has 186 valence electrons. The topological polar surface area (TPSA) is 150 Å². The molecule has 36 heavy (non-hydrogen) atoms. The Labute approximate surface area is 200 Å². The second-order valence-corrected chi connectivity index (χ2v) is 11.5. The molecule has 0 fully saturated rings. The lowest BCUT2D eigenvalue weighted by molar-refractivity contribution is -0.0435. The molecule has 0 radical (unpaired) electrons. The Morgan fingerprint density at radius 3 is 2.39 bits per heavy atom. The third-order valence-electron chi connectivity index (χ3n) is 5.14. The van der Waals surface area contributed by atoms with E-state index in [1.54, 1.807) is 6.07 Å². The zero-order chi connectivity index (χ0) is 25.9. The van der Waals surface area contributed by atoms with E-state index in [9.17, 15) is 30.0 Å². The molecule has 1 aromatic carbocycles. The number of halogens is 3. The van der Waals surface area contributed by atoms with Crippen LogP contribution in [0.2, 0.25) is 0 Å². The number of hydrogen-bond donors (Lipinski definition) is 0. The minimum absolute atomic E-state index is 0.00155. The Bertz CT molecular complexity index is 1850. The fourth-order valence-electron chi connectivity index (χ4n) is 3.38. The van der Waals surface area contributed by atoms with E-state index in [1.165, 1.54) is 36.1 Å². The molecule has 0 unspecified atom stereocenters. The average Bonchev–Trinajstić information content (AvgIpc) is 3.45. The van der Waals surface area contributed by atoms with Crippen LogP contribution in [-0.2, 0) is 19.7 Å². The summed E-state index contributed by atoms with van der Waals surface area (Å²) in [5.41, 5.74) is -5.68. The highest BCUT2D eigenvalue weighted by Gasteiger charge is 2.47. The number of oxazole rings is 1. The molecule has 0 atom stereocenters. The summed E-state index contributed by atoms with van der Waals surface area (Å²) < 4.78 is 95.2. The summed E-state index contributed by atoms with van der Waals surface area (Å²) in [5.74, 6) is -0.443. The first-order valence-electron chi connectivity index (χ1n) is 10.0. The van der Waals surface area contributed by atoms with Crippen molar-refractivity contribution in [1.29, 1.82) is 0 Å². The summed E-state index contributed by atoms with van der Waals surface area (Å²) >= 11 is 0. The van der Waals surface area contributed by atoms with Crippen LogP contribution in [0.25, 0.3) is 39.7 Å². The van der Waals surface area contributed by atoms with Crippen LogP contribution in [-0.4, -0.2) is 57.6 Å². The van der Waals surface area contributed by atoms with Gasteiger partial charge in [0.2, 0.25) is 5.89 Å². The van der Waals surface area contributed by atoms with Crippen molar-refractivity contribution in [1.82, 2.24) is 29.5 Å². The Morgan fingerprint density at radius 1 is 1.00 bits per heavy atom. The monoisotopic (exact) mass is 538 g/mol. The van der Waals surface area contributed by atoms with Gasteiger partial charge in [-0.25, -0.2) is 41.3 Å². The number of alkyl halides is 3. The molecule has 0 spiro atoms. The van der Waals surface area contributed by atoms with Gasteiger partial charge < -0.3 is 4.42 Å². The van der Waals surface area contributed by atoms with Gasteiger partial charge in [-0.1, -0.05) is 6.92 Å². The third kappa shape index (κ3) is 3.69. The maximum atomic E-state index is 13.0. The predicted molar refractivity (Wildman–Crippen MR) is 118 cm³/mol. The van der Waals surface area contributed by atoms with Gasteiger partial charge in [0, 0.05) is 18.6 Å². The van der Waals surface area contributed by atoms with Crippen molar-refractivity contribution < 1.29 is 34.4 Å². The van der Waals surface area contributed by atoms with Crippen LogP contribution in [0.1, 0.15) is 6.92 Å². The smallest absolute Gasteiger partial charge is 0.436 e. The molecule has 0 bridgehead atoms. The Morgan fingerprint density at radius 2 is 1.72 bits per heavy atom. The molecule has 5 aromatic rings. The highest BCUT2D eigenvalue weighted by Crippen LogP contribution is 2.36. The van der Waals surface area contributed by atoms with E-state index >= 15 is 0 Å². The summed E-state index contributed by atoms with van der Waals surface area (Å²) in [6.07, 6.45) is 4.33. The normalized spacial score (nSPS) is 13.0. The number of aromatic nitrogens is 6. The van der Waals surface area contributed by atoms with E-state index in [2.05, 4.69) is 25.0 Å². The zero-order valence-corrected chi connectivity index (χ0v) is 19.6. The SMILES string of the molecule is CCS(=O)(=O)c1nn2c(-c3ncccn3)ccnc2c1-c1nc2cc(S(=O)(=O)C(F)(F)F)ccc2o1. The highest BCUT2D eigenvalue weighted by atomic mass is 32.2. The van der Waals surface area contributed by atoms with Gasteiger partial charge >= 0.3 is 5.51 Å². The van der Waals surface area contributed by atoms with Gasteiger partial charge in [0.05, 0.1) is 10.6 Å². The highest BCUT2D eigenvalue weighted by molar-refractivity contribution is 7.92. The number of fused-ring (bicyclic) bond motifs is 2. The van der Waals surface area contributed by atoms with E-state index < -0.39 is 35.1 Å². The second kappa shape index (κ2) is 8.06. The standard InChI is InChI=1S/C20H13F3N6O5S2/c1-2-35(30,31)19-15(17-26-9-6-13(29(17)28-19)16-24-7-3-8-25-16)18-27-12-10-11(4-5-14(12)34-18)36(32,33)20(21,22)23/h3-10H,2H2,1H3. The van der Waals surface area contributed by atoms with Crippen molar-refractivity contribution in [3.63, 3.8) is 0 Å². The molecule has 4 heterocycles. The first-order chi connectivity index (χ1) is 16.9. The molecule has 0 aliphatic heterocycles. The van der Waals surface area contributed by atoms with Gasteiger partial charge in [0.25, 0.3) is 9.84 Å². The minimum atomic E-state index is -5.64. The van der Waals surface area contributed by atoms with Crippen molar-refractivity contribution in [2.24, 2.45) is 0 Å². The number of benzene rings is 1. The van der Waals surface area contributed by atoms with Crippen molar-refractivity contribution in [2.75, 3.05) is 5.75 Å². The van der Waals surface area contributed by atoms with Crippen molar-refractivity contribution in [3.8, 4) is 23.0 Å². The van der Waals surface area contributed by atoms with Crippen LogP contribution in [0, 0.1) is 0 Å². The summed E-state index contributed by atoms with van der Waals surface area (Å²) in [6, 6.07) is 5.53. The van der Waals surface area contributed by atoms with E-state index in [-0.39, 0.29) is 39.8 Å². The molecule has 11 nitrogen and oxygen atoms in total. The fourth-order valence-corrected chi connectivity index (χ4v) is 5.13. The van der Waals surface area contributed by atoms with Gasteiger partial charge in [0.15, 0.2) is 31.9 Å². The minimum Gasteiger partial charge on any atom is -0.436 e. The molecule has 0 aliphatic rings. The van der Waals surface area contributed by atoms with Gasteiger partial charge in [-0.2, -0.15) is 18.3 Å². The molecule has 16 heteroatoms. The summed E-state index contributed by atoms with van der Waals surface area (Å²) in [5, 5.41) is 3.77. The lowest BCUT2D eigenvalue weighted by atomic mass is 10.3. The largest absolute Gasteiger partial charge is 0.501 e. The van der Waals surface area contributed by atoms with Crippen LogP contribution < -0.4 is 0 Å². The van der Waals surface area contributed by atoms with Crippen molar-refractivity contribution in [3.05, 3.63) is 48.9 Å². The molecule has 0 saturated heterocycles. The van der Waals surface area contributed by atoms with Crippen LogP contribution >= 0.6 is 0 Å². The number of hydrogen-bond acceptors (Lipinski definition) is 10. The summed E-state index contributed by atoms with van der Waals surface area (Å²) in [4.78, 5) is 15.5. The summed E-state index contributed by atoms with van der Waals surface area (Å²) in [6.45, 7) is 1.40. The zero-order valence-electron chi connectivity index (χ0n) is 18.0. The van der Waals surface area contributed by atoms with Crippen LogP contribution in [0.5, 0.6) is 0 Å². The Kier molecular flexibility index (Phi) is 5.33. The van der Waals surface area contributed by atoms with Crippen molar-refractivity contribution >= 4 is 36.4 Å². The van der Waals surface area contributed by atoms with Crippen LogP contribution in [0.3, 0.4) is 0 Å². The van der Waals surface area contributed by atoms with Gasteiger partial charge in [0.1, 0.15) is 16.8 Å². The Hall–Kier alpha value is -3.92. The van der Waals surface area contributed by atoms with Crippen LogP contribution in [0.4, 0.5) is 13.2 Å². The van der Waals surface area contributed by atoms with Gasteiger partial charge in [-0.15, -0.1) is 0 Å². The molecule has 0 aliphatic carbocycles. The predicted octanol–water partition coefficient (Wildman–Crippen LogP) is 3.08. The molecular weight excluding hydrogens is 525 g/mol. The number of rotatable bonds is 5. The molecular formula is C20H13F3N6O5S2. The van der Waals surface area contributed by atoms with Gasteiger partial charge in [-0.05, 0) is 30.3 Å². The van der Waals surface area contributed by atoms with E-state index in [1.807, 2.05) is 0 Å². The maximum absolute atomic E-state index is 13.0. The first-order valence-corrected chi connectivity index (χ1v) is 13.2. The van der Waals surface area contributed by atoms with Crippen LogP contribution in [0.15, 0.2) is 63.3 Å².